The molecule has 8 unspecified atom stereocenters. The largest absolute Gasteiger partial charge is 0.508 e. The van der Waals surface area contributed by atoms with Crippen LogP contribution < -0.4 is 54.0 Å². The Morgan fingerprint density at radius 3 is 1.52 bits per heavy atom. The third kappa shape index (κ3) is 20.3. The Morgan fingerprint density at radius 1 is 0.576 bits per heavy atom. The summed E-state index contributed by atoms with van der Waals surface area (Å²) >= 11 is 0. The summed E-state index contributed by atoms with van der Waals surface area (Å²) in [5, 5.41) is 56.4. The number of carbonyl (C=O) groups is 11. The molecule has 0 saturated heterocycles. The number of nitrogens with two attached hydrogens (primary N) is 2. The number of nitrogens with one attached hydrogen (secondary N) is 8. The molecule has 1 rings (SSSR count). The van der Waals surface area contributed by atoms with Crippen molar-refractivity contribution >= 4 is 65.1 Å². The number of hydrogen-bond donors (Lipinski definition) is 14. The zero-order chi connectivity index (χ0) is 50.6. The summed E-state index contributed by atoms with van der Waals surface area (Å²) in [6.07, 6.45) is -1.85. The third-order valence-electron chi connectivity index (χ3n) is 9.60. The topological polar surface area (TPSA) is 417 Å². The molecule has 16 N–H and O–H groups in total. The first-order valence-corrected chi connectivity index (χ1v) is 20.9. The summed E-state index contributed by atoms with van der Waals surface area (Å²) in [7, 11) is 0. The smallest absolute Gasteiger partial charge is 0.326 e. The van der Waals surface area contributed by atoms with E-state index >= 15 is 0 Å². The van der Waals surface area contributed by atoms with Gasteiger partial charge in [0, 0.05) is 0 Å². The van der Waals surface area contributed by atoms with Crippen LogP contribution in [0.5, 0.6) is 5.75 Å². The van der Waals surface area contributed by atoms with Crippen LogP contribution in [0, 0.1) is 17.8 Å². The molecule has 368 valence electrons. The van der Waals surface area contributed by atoms with E-state index in [0.29, 0.717) is 5.56 Å². The number of carboxylic acids is 2. The summed E-state index contributed by atoms with van der Waals surface area (Å²) in [4.78, 5) is 140. The quantitative estimate of drug-likeness (QED) is 0.0377. The van der Waals surface area contributed by atoms with Crippen LogP contribution in [-0.2, 0) is 59.2 Å². The number of hydrogen-bond acceptors (Lipinski definition) is 14. The van der Waals surface area contributed by atoms with Gasteiger partial charge in [-0.05, 0) is 55.2 Å². The lowest BCUT2D eigenvalue weighted by molar-refractivity contribution is -0.144. The molecule has 0 aliphatic carbocycles. The Morgan fingerprint density at radius 2 is 1.05 bits per heavy atom. The Bertz CT molecular complexity index is 1910. The molecule has 0 radical (unpaired) electrons. The van der Waals surface area contributed by atoms with Crippen LogP contribution in [0.3, 0.4) is 0 Å². The number of amides is 9. The van der Waals surface area contributed by atoms with Crippen molar-refractivity contribution in [2.45, 2.75) is 122 Å². The normalized spacial score (nSPS) is 14.7. The molecule has 0 aromatic heterocycles. The number of phenols is 1. The molecule has 0 aliphatic rings. The van der Waals surface area contributed by atoms with E-state index in [2.05, 4.69) is 42.5 Å². The minimum Gasteiger partial charge on any atom is -0.508 e. The molecule has 25 heteroatoms. The molecule has 0 heterocycles. The number of carboxylic acid groups (broad SMARTS) is 2. The van der Waals surface area contributed by atoms with Crippen molar-refractivity contribution in [2.24, 2.45) is 29.2 Å². The molecular formula is C41H64N10O15. The Kier molecular flexibility index (Phi) is 23.8. The van der Waals surface area contributed by atoms with Crippen molar-refractivity contribution in [1.29, 1.82) is 0 Å². The van der Waals surface area contributed by atoms with Crippen molar-refractivity contribution in [1.82, 2.24) is 42.5 Å². The fourth-order valence-corrected chi connectivity index (χ4v) is 5.98. The lowest BCUT2D eigenvalue weighted by Gasteiger charge is -2.29. The highest BCUT2D eigenvalue weighted by Gasteiger charge is 2.36. The summed E-state index contributed by atoms with van der Waals surface area (Å²) in [6.45, 7) is 9.23. The van der Waals surface area contributed by atoms with Crippen LogP contribution in [0.2, 0.25) is 0 Å². The molecule has 0 bridgehead atoms. The van der Waals surface area contributed by atoms with E-state index in [-0.39, 0.29) is 24.5 Å². The van der Waals surface area contributed by atoms with Crippen molar-refractivity contribution < 1.29 is 73.2 Å². The fraction of sp³-hybridized carbons (Fsp3) is 0.585. The number of aromatic hydroxyl groups is 1. The number of primary amides is 1. The molecular weight excluding hydrogens is 873 g/mol. The third-order valence-corrected chi connectivity index (χ3v) is 9.60. The fourth-order valence-electron chi connectivity index (χ4n) is 5.98. The summed E-state index contributed by atoms with van der Waals surface area (Å²) < 4.78 is 0. The van der Waals surface area contributed by atoms with Gasteiger partial charge in [0.05, 0.1) is 32.0 Å². The minimum absolute atomic E-state index is 0.0101. The number of carbonyl (C=O) groups excluding carboxylic acids is 9. The predicted molar refractivity (Wildman–Crippen MR) is 232 cm³/mol. The van der Waals surface area contributed by atoms with Gasteiger partial charge in [-0.2, -0.15) is 0 Å². The molecule has 25 nitrogen and oxygen atoms in total. The van der Waals surface area contributed by atoms with Gasteiger partial charge >= 0.3 is 11.9 Å². The molecule has 0 fully saturated rings. The van der Waals surface area contributed by atoms with Crippen LogP contribution in [0.4, 0.5) is 0 Å². The molecule has 0 saturated carbocycles. The predicted octanol–water partition coefficient (Wildman–Crippen LogP) is -4.42. The van der Waals surface area contributed by atoms with Gasteiger partial charge in [-0.25, -0.2) is 4.79 Å². The number of benzene rings is 1. The summed E-state index contributed by atoms with van der Waals surface area (Å²) in [5.74, 6) is -13.4. The molecule has 0 spiro atoms. The Hall–Kier alpha value is -6.89. The average Bonchev–Trinajstić information content (AvgIpc) is 3.21. The summed E-state index contributed by atoms with van der Waals surface area (Å²) in [6, 6.07) is -5.89. The SMILES string of the molecule is CC(C)CC(NC(=O)C(CC(=O)O)NC(=O)C(CC(N)=O)NC(=O)C(NC(=O)C(NC(=O)C(C)NC(=O)CNC(=O)C(CO)NC(=O)C(N)Cc1ccc(O)cc1)C(C)C)C(C)C)C(=O)O. The van der Waals surface area contributed by atoms with Gasteiger partial charge in [-0.15, -0.1) is 0 Å². The van der Waals surface area contributed by atoms with Crippen LogP contribution in [0.25, 0.3) is 0 Å². The van der Waals surface area contributed by atoms with Gasteiger partial charge < -0.3 is 74.4 Å². The first-order valence-electron chi connectivity index (χ1n) is 20.9. The molecule has 9 amide bonds. The maximum Gasteiger partial charge on any atom is 0.326 e. The van der Waals surface area contributed by atoms with Crippen molar-refractivity contribution in [3.8, 4) is 5.75 Å². The maximum atomic E-state index is 13.6. The second kappa shape index (κ2) is 27.4. The number of rotatable bonds is 28. The summed E-state index contributed by atoms with van der Waals surface area (Å²) in [5.41, 5.74) is 11.8. The Labute approximate surface area is 380 Å². The van der Waals surface area contributed by atoms with Crippen LogP contribution in [0.15, 0.2) is 24.3 Å². The molecule has 0 aliphatic heterocycles. The lowest BCUT2D eigenvalue weighted by Crippen LogP contribution is -2.61. The number of aliphatic carboxylic acids is 2. The second-order valence-corrected chi connectivity index (χ2v) is 16.6. The highest BCUT2D eigenvalue weighted by Crippen LogP contribution is 2.12. The van der Waals surface area contributed by atoms with Crippen LogP contribution in [0.1, 0.15) is 73.3 Å². The number of aliphatic hydroxyl groups excluding tert-OH is 1. The minimum atomic E-state index is -1.86. The van der Waals surface area contributed by atoms with E-state index in [1.165, 1.54) is 32.9 Å². The molecule has 66 heavy (non-hydrogen) atoms. The van der Waals surface area contributed by atoms with Crippen LogP contribution in [-0.4, -0.2) is 147 Å². The van der Waals surface area contributed by atoms with Crippen LogP contribution >= 0.6 is 0 Å². The van der Waals surface area contributed by atoms with Crippen molar-refractivity contribution in [3.05, 3.63) is 29.8 Å². The van der Waals surface area contributed by atoms with Gasteiger partial charge in [0.25, 0.3) is 0 Å². The number of aliphatic hydroxyl groups is 1. The van der Waals surface area contributed by atoms with E-state index in [4.69, 9.17) is 11.5 Å². The van der Waals surface area contributed by atoms with Gasteiger partial charge in [-0.1, -0.05) is 53.7 Å². The van der Waals surface area contributed by atoms with E-state index < -0.39 is 151 Å². The standard InChI is InChI=1S/C41H64N10O15/c1-18(2)12-27(41(65)66)48-38(62)26(15-31(56)57)46-37(61)25(14-29(43)54)47-39(63)32(19(3)4)51-40(64)33(20(5)6)50-34(58)21(7)45-30(55)16-44-36(60)28(17-52)49-35(59)24(42)13-22-8-10-23(53)11-9-22/h8-11,18-21,24-28,32-33,52-53H,12-17,42H2,1-7H3,(H2,43,54)(H,44,60)(H,45,55)(H,46,61)(H,47,63)(H,48,62)(H,49,59)(H,50,58)(H,51,64)(H,56,57)(H,65,66). The van der Waals surface area contributed by atoms with Gasteiger partial charge in [0.15, 0.2) is 0 Å². The zero-order valence-electron chi connectivity index (χ0n) is 37.8. The van der Waals surface area contributed by atoms with E-state index in [1.807, 2.05) is 0 Å². The van der Waals surface area contributed by atoms with Gasteiger partial charge in [0.2, 0.25) is 53.2 Å². The lowest BCUT2D eigenvalue weighted by atomic mass is 9.99. The maximum absolute atomic E-state index is 13.6. The Balaban J connectivity index is 2.98. The second-order valence-electron chi connectivity index (χ2n) is 16.6. The van der Waals surface area contributed by atoms with E-state index in [1.54, 1.807) is 39.8 Å². The first kappa shape index (κ1) is 57.1. The monoisotopic (exact) mass is 936 g/mol. The van der Waals surface area contributed by atoms with Crippen molar-refractivity contribution in [3.63, 3.8) is 0 Å². The van der Waals surface area contributed by atoms with Gasteiger partial charge in [-0.3, -0.25) is 47.9 Å². The highest BCUT2D eigenvalue weighted by atomic mass is 16.4. The zero-order valence-corrected chi connectivity index (χ0v) is 37.8. The first-order chi connectivity index (χ1) is 30.7. The molecule has 1 aromatic carbocycles. The van der Waals surface area contributed by atoms with E-state index in [0.717, 1.165) is 0 Å². The van der Waals surface area contributed by atoms with Crippen molar-refractivity contribution in [2.75, 3.05) is 13.2 Å². The molecule has 1 aromatic rings. The highest BCUT2D eigenvalue weighted by molar-refractivity contribution is 5.99. The number of phenolic OH excluding ortho intramolecular Hbond substituents is 1. The van der Waals surface area contributed by atoms with Gasteiger partial charge in [0.1, 0.15) is 48.0 Å². The van der Waals surface area contributed by atoms with E-state index in [9.17, 15) is 73.2 Å². The average molecular weight is 937 g/mol. The molecule has 8 atom stereocenters.